The number of amides is 1. The lowest BCUT2D eigenvalue weighted by Crippen LogP contribution is -2.44. The number of carbonyl (C=O) groups excluding carboxylic acids is 1. The smallest absolute Gasteiger partial charge is 0.420 e. The Morgan fingerprint density at radius 2 is 1.62 bits per heavy atom. The zero-order valence-electron chi connectivity index (χ0n) is 29.5. The Kier molecular flexibility index (Phi) is 11.2. The second-order valence-electron chi connectivity index (χ2n) is 12.6. The number of hydrogen-bond donors (Lipinski definition) is 1. The summed E-state index contributed by atoms with van der Waals surface area (Å²) < 4.78 is 17.7. The Morgan fingerprint density at radius 1 is 0.875 bits per heavy atom. The molecule has 1 saturated heterocycles. The Labute approximate surface area is 284 Å². The Hall–Kier alpha value is -4.67. The minimum absolute atomic E-state index is 0.134. The van der Waals surface area contributed by atoms with Crippen LogP contribution in [0.15, 0.2) is 54.6 Å². The molecule has 1 aliphatic heterocycles. The molecule has 3 aromatic carbocycles. The maximum Gasteiger partial charge on any atom is 0.420 e. The van der Waals surface area contributed by atoms with Crippen LogP contribution in [0.2, 0.25) is 0 Å². The van der Waals surface area contributed by atoms with E-state index < -0.39 is 6.09 Å². The van der Waals surface area contributed by atoms with Crippen LogP contribution < -0.4 is 24.4 Å². The molecule has 0 atom stereocenters. The van der Waals surface area contributed by atoms with Crippen molar-refractivity contribution in [3.05, 3.63) is 82.4 Å². The van der Waals surface area contributed by atoms with Crippen molar-refractivity contribution < 1.29 is 19.0 Å². The van der Waals surface area contributed by atoms with Gasteiger partial charge >= 0.3 is 6.09 Å². The standard InChI is InChI=1S/C38H48N6O4/c1-25-10-11-27(3)33(22-25)43(7)38(45)48-36-24-32(31-14-12-26(2)28(4)29(31)5)40-37(41-36)39-30-13-15-34(35(23-30)46-8)47-21-9-16-44-19-17-42(6)18-20-44/h10-15,22-24H,9,16-21H2,1-8H3,(H,39,40,41). The molecular formula is C38H48N6O4. The molecule has 1 N–H and O–H groups in total. The summed E-state index contributed by atoms with van der Waals surface area (Å²) in [6.07, 6.45) is 0.387. The van der Waals surface area contributed by atoms with Gasteiger partial charge in [0.2, 0.25) is 11.8 Å². The molecule has 0 spiro atoms. The molecule has 0 radical (unpaired) electrons. The van der Waals surface area contributed by atoms with Crippen LogP contribution in [0.4, 0.5) is 22.1 Å². The van der Waals surface area contributed by atoms with Crippen LogP contribution in [0.3, 0.4) is 0 Å². The average Bonchev–Trinajstić information content (AvgIpc) is 3.07. The summed E-state index contributed by atoms with van der Waals surface area (Å²) in [7, 11) is 5.49. The van der Waals surface area contributed by atoms with Gasteiger partial charge in [0.1, 0.15) is 0 Å². The summed E-state index contributed by atoms with van der Waals surface area (Å²) in [5.41, 5.74) is 8.53. The van der Waals surface area contributed by atoms with Crippen LogP contribution in [0.25, 0.3) is 11.3 Å². The van der Waals surface area contributed by atoms with Gasteiger partial charge in [0.25, 0.3) is 0 Å². The zero-order chi connectivity index (χ0) is 34.4. The van der Waals surface area contributed by atoms with Crippen molar-refractivity contribution in [1.29, 1.82) is 0 Å². The third-order valence-electron chi connectivity index (χ3n) is 9.12. The van der Waals surface area contributed by atoms with E-state index in [1.54, 1.807) is 20.2 Å². The van der Waals surface area contributed by atoms with E-state index in [2.05, 4.69) is 54.0 Å². The molecule has 0 aliphatic carbocycles. The van der Waals surface area contributed by atoms with Crippen molar-refractivity contribution in [2.45, 2.75) is 41.0 Å². The number of aromatic nitrogens is 2. The van der Waals surface area contributed by atoms with Gasteiger partial charge in [0.05, 0.1) is 19.4 Å². The van der Waals surface area contributed by atoms with E-state index in [1.807, 2.05) is 56.3 Å². The van der Waals surface area contributed by atoms with Crippen molar-refractivity contribution in [3.8, 4) is 28.6 Å². The number of nitrogens with one attached hydrogen (secondary N) is 1. The molecule has 0 unspecified atom stereocenters. The number of benzene rings is 3. The number of ether oxygens (including phenoxy) is 3. The molecule has 4 aromatic rings. The van der Waals surface area contributed by atoms with Gasteiger partial charge in [-0.1, -0.05) is 24.3 Å². The second kappa shape index (κ2) is 15.5. The van der Waals surface area contributed by atoms with E-state index in [4.69, 9.17) is 19.2 Å². The Balaban J connectivity index is 1.36. The van der Waals surface area contributed by atoms with Crippen LogP contribution in [0, 0.1) is 34.6 Å². The highest BCUT2D eigenvalue weighted by Gasteiger charge is 2.20. The number of nitrogens with zero attached hydrogens (tertiary/aromatic N) is 5. The first-order valence-corrected chi connectivity index (χ1v) is 16.5. The van der Waals surface area contributed by atoms with Gasteiger partial charge in [0, 0.05) is 68.8 Å². The van der Waals surface area contributed by atoms with Gasteiger partial charge in [0.15, 0.2) is 11.5 Å². The van der Waals surface area contributed by atoms with E-state index in [-0.39, 0.29) is 11.8 Å². The largest absolute Gasteiger partial charge is 0.493 e. The van der Waals surface area contributed by atoms with E-state index in [1.165, 1.54) is 16.0 Å². The molecule has 1 aromatic heterocycles. The molecule has 0 bridgehead atoms. The maximum atomic E-state index is 13.4. The van der Waals surface area contributed by atoms with E-state index >= 15 is 0 Å². The number of anilines is 3. The summed E-state index contributed by atoms with van der Waals surface area (Å²) in [5, 5.41) is 3.29. The third-order valence-corrected chi connectivity index (χ3v) is 9.12. The lowest BCUT2D eigenvalue weighted by molar-refractivity contribution is 0.145. The minimum atomic E-state index is -0.549. The lowest BCUT2D eigenvalue weighted by atomic mass is 9.97. The fourth-order valence-electron chi connectivity index (χ4n) is 5.78. The van der Waals surface area contributed by atoms with Crippen LogP contribution in [0.5, 0.6) is 17.4 Å². The predicted molar refractivity (Wildman–Crippen MR) is 192 cm³/mol. The minimum Gasteiger partial charge on any atom is -0.493 e. The van der Waals surface area contributed by atoms with Crippen LogP contribution >= 0.6 is 0 Å². The quantitative estimate of drug-likeness (QED) is 0.171. The molecule has 5 rings (SSSR count). The van der Waals surface area contributed by atoms with Gasteiger partial charge in [-0.2, -0.15) is 4.98 Å². The molecule has 10 nitrogen and oxygen atoms in total. The molecule has 1 aliphatic rings. The Morgan fingerprint density at radius 3 is 2.38 bits per heavy atom. The number of aryl methyl sites for hydroxylation is 3. The number of piperazine rings is 1. The van der Waals surface area contributed by atoms with E-state index in [9.17, 15) is 4.79 Å². The van der Waals surface area contributed by atoms with Gasteiger partial charge in [-0.15, -0.1) is 0 Å². The summed E-state index contributed by atoms with van der Waals surface area (Å²) in [5.74, 6) is 1.69. The molecule has 1 amide bonds. The van der Waals surface area contributed by atoms with Gasteiger partial charge in [-0.3, -0.25) is 4.90 Å². The predicted octanol–water partition coefficient (Wildman–Crippen LogP) is 7.09. The highest BCUT2D eigenvalue weighted by atomic mass is 16.6. The van der Waals surface area contributed by atoms with Gasteiger partial charge in [-0.05, 0) is 94.1 Å². The summed E-state index contributed by atoms with van der Waals surface area (Å²) in [4.78, 5) is 29.2. The van der Waals surface area contributed by atoms with E-state index in [0.717, 1.165) is 67.1 Å². The molecule has 254 valence electrons. The zero-order valence-corrected chi connectivity index (χ0v) is 29.5. The van der Waals surface area contributed by atoms with Crippen LogP contribution in [0.1, 0.15) is 34.2 Å². The third kappa shape index (κ3) is 8.42. The first kappa shape index (κ1) is 34.7. The normalized spacial score (nSPS) is 13.7. The van der Waals surface area contributed by atoms with Gasteiger partial charge in [-0.25, -0.2) is 9.78 Å². The molecule has 0 saturated carbocycles. The average molecular weight is 653 g/mol. The van der Waals surface area contributed by atoms with Crippen LogP contribution in [-0.4, -0.2) is 86.4 Å². The van der Waals surface area contributed by atoms with Crippen molar-refractivity contribution >= 4 is 23.4 Å². The fraction of sp³-hybridized carbons (Fsp3) is 0.395. The summed E-state index contributed by atoms with van der Waals surface area (Å²) >= 11 is 0. The SMILES string of the molecule is COc1cc(Nc2nc(OC(=O)N(C)c3cc(C)ccc3C)cc(-c3ccc(C)c(C)c3C)n2)ccc1OCCCN1CCN(C)CC1. The highest BCUT2D eigenvalue weighted by Crippen LogP contribution is 2.33. The molecule has 10 heteroatoms. The highest BCUT2D eigenvalue weighted by molar-refractivity contribution is 5.89. The number of carbonyl (C=O) groups is 1. The topological polar surface area (TPSA) is 92.3 Å². The Bertz CT molecular complexity index is 1750. The number of rotatable bonds is 11. The number of hydrogen-bond acceptors (Lipinski definition) is 9. The molecule has 48 heavy (non-hydrogen) atoms. The van der Waals surface area contributed by atoms with Crippen LogP contribution in [-0.2, 0) is 0 Å². The van der Waals surface area contributed by atoms with Crippen molar-refractivity contribution in [1.82, 2.24) is 19.8 Å². The molecule has 1 fully saturated rings. The molecule has 2 heterocycles. The van der Waals surface area contributed by atoms with Crippen molar-refractivity contribution in [2.24, 2.45) is 0 Å². The van der Waals surface area contributed by atoms with Gasteiger partial charge < -0.3 is 29.3 Å². The lowest BCUT2D eigenvalue weighted by Gasteiger charge is -2.32. The molecular weight excluding hydrogens is 604 g/mol. The maximum absolute atomic E-state index is 13.4. The second-order valence-corrected chi connectivity index (χ2v) is 12.6. The summed E-state index contributed by atoms with van der Waals surface area (Å²) in [6.45, 7) is 16.2. The van der Waals surface area contributed by atoms with Crippen molar-refractivity contribution in [3.63, 3.8) is 0 Å². The van der Waals surface area contributed by atoms with E-state index in [0.29, 0.717) is 29.5 Å². The monoisotopic (exact) mass is 652 g/mol. The van der Waals surface area contributed by atoms with Crippen molar-refractivity contribution in [2.75, 3.05) is 70.8 Å². The number of likely N-dealkylation sites (N-methyl/N-ethyl adjacent to an activating group) is 1. The summed E-state index contributed by atoms with van der Waals surface area (Å²) in [6, 6.07) is 17.4. The first-order valence-electron chi connectivity index (χ1n) is 16.5. The number of methoxy groups -OCH3 is 1. The first-order chi connectivity index (χ1) is 23.0. The fourth-order valence-corrected chi connectivity index (χ4v) is 5.78.